The average molecular weight is 405 g/mol. The second-order valence-electron chi connectivity index (χ2n) is 6.52. The minimum Gasteiger partial charge on any atom is -0.488 e. The molecule has 3 aromatic rings. The van der Waals surface area contributed by atoms with Gasteiger partial charge < -0.3 is 4.74 Å². The van der Waals surface area contributed by atoms with Gasteiger partial charge >= 0.3 is 0 Å². The summed E-state index contributed by atoms with van der Waals surface area (Å²) in [6, 6.07) is 25.8. The molecule has 1 N–H and O–H groups in total. The molecule has 0 aliphatic rings. The SMILES string of the molecule is Cc1ccccc1CSCC(=O)N/N=C\c1ccccc1OCc1ccccc1. The summed E-state index contributed by atoms with van der Waals surface area (Å²) in [6.07, 6.45) is 1.62. The fourth-order valence-electron chi connectivity index (χ4n) is 2.69. The number of rotatable bonds is 9. The highest BCUT2D eigenvalue weighted by Crippen LogP contribution is 2.18. The number of thioether (sulfide) groups is 1. The summed E-state index contributed by atoms with van der Waals surface area (Å²) in [5, 5.41) is 4.08. The van der Waals surface area contributed by atoms with Crippen molar-refractivity contribution in [3.05, 3.63) is 101 Å². The topological polar surface area (TPSA) is 50.7 Å². The minimum atomic E-state index is -0.123. The Morgan fingerprint density at radius 2 is 1.72 bits per heavy atom. The predicted molar refractivity (Wildman–Crippen MR) is 120 cm³/mol. The van der Waals surface area contributed by atoms with Crippen LogP contribution in [0, 0.1) is 6.92 Å². The largest absolute Gasteiger partial charge is 0.488 e. The van der Waals surface area contributed by atoms with Gasteiger partial charge in [-0.1, -0.05) is 66.7 Å². The van der Waals surface area contributed by atoms with Crippen molar-refractivity contribution >= 4 is 23.9 Å². The lowest BCUT2D eigenvalue weighted by molar-refractivity contribution is -0.118. The van der Waals surface area contributed by atoms with E-state index in [1.165, 1.54) is 11.1 Å². The van der Waals surface area contributed by atoms with Gasteiger partial charge in [0.1, 0.15) is 12.4 Å². The zero-order valence-corrected chi connectivity index (χ0v) is 17.2. The van der Waals surface area contributed by atoms with Gasteiger partial charge in [-0.05, 0) is 35.7 Å². The predicted octanol–water partition coefficient (Wildman–Crippen LogP) is 4.96. The molecular weight excluding hydrogens is 380 g/mol. The highest BCUT2D eigenvalue weighted by Gasteiger charge is 2.04. The number of ether oxygens (including phenoxy) is 1. The first-order valence-electron chi connectivity index (χ1n) is 9.42. The quantitative estimate of drug-likeness (QED) is 0.405. The van der Waals surface area contributed by atoms with E-state index in [4.69, 9.17) is 4.74 Å². The Labute approximate surface area is 176 Å². The second-order valence-corrected chi connectivity index (χ2v) is 7.51. The maximum atomic E-state index is 12.0. The minimum absolute atomic E-state index is 0.123. The van der Waals surface area contributed by atoms with E-state index >= 15 is 0 Å². The Morgan fingerprint density at radius 3 is 2.55 bits per heavy atom. The van der Waals surface area contributed by atoms with E-state index in [-0.39, 0.29) is 5.91 Å². The summed E-state index contributed by atoms with van der Waals surface area (Å²) >= 11 is 1.57. The van der Waals surface area contributed by atoms with Crippen molar-refractivity contribution in [3.63, 3.8) is 0 Å². The number of benzene rings is 3. The smallest absolute Gasteiger partial charge is 0.250 e. The standard InChI is InChI=1S/C24H24N2O2S/c1-19-9-5-6-13-22(19)17-29-18-24(27)26-25-15-21-12-7-8-14-23(21)28-16-20-10-3-2-4-11-20/h2-15H,16-18H2,1H3,(H,26,27)/b25-15-. The maximum absolute atomic E-state index is 12.0. The summed E-state index contributed by atoms with van der Waals surface area (Å²) in [7, 11) is 0. The molecule has 3 rings (SSSR count). The third-order valence-electron chi connectivity index (χ3n) is 4.30. The van der Waals surface area contributed by atoms with Crippen LogP contribution in [-0.2, 0) is 17.2 Å². The molecule has 0 bridgehead atoms. The summed E-state index contributed by atoms with van der Waals surface area (Å²) in [5.41, 5.74) is 6.99. The highest BCUT2D eigenvalue weighted by atomic mass is 32.2. The van der Waals surface area contributed by atoms with Gasteiger partial charge in [0.2, 0.25) is 5.91 Å². The Hall–Kier alpha value is -3.05. The van der Waals surface area contributed by atoms with Crippen LogP contribution in [0.4, 0.5) is 0 Å². The maximum Gasteiger partial charge on any atom is 0.250 e. The molecule has 0 spiro atoms. The molecule has 0 atom stereocenters. The van der Waals surface area contributed by atoms with E-state index in [9.17, 15) is 4.79 Å². The molecule has 0 aliphatic heterocycles. The number of amides is 1. The molecule has 3 aromatic carbocycles. The van der Waals surface area contributed by atoms with E-state index < -0.39 is 0 Å². The number of carbonyl (C=O) groups excluding carboxylic acids is 1. The first kappa shape index (κ1) is 20.7. The zero-order chi connectivity index (χ0) is 20.3. The number of hydrogen-bond acceptors (Lipinski definition) is 4. The number of hydrazone groups is 1. The van der Waals surface area contributed by atoms with Crippen molar-refractivity contribution < 1.29 is 9.53 Å². The molecule has 29 heavy (non-hydrogen) atoms. The van der Waals surface area contributed by atoms with Crippen molar-refractivity contribution in [2.24, 2.45) is 5.10 Å². The van der Waals surface area contributed by atoms with Gasteiger partial charge in [0.25, 0.3) is 0 Å². The molecular formula is C24H24N2O2S. The number of carbonyl (C=O) groups is 1. The molecule has 0 heterocycles. The monoisotopic (exact) mass is 404 g/mol. The molecule has 0 saturated carbocycles. The van der Waals surface area contributed by atoms with E-state index in [1.807, 2.05) is 66.7 Å². The lowest BCUT2D eigenvalue weighted by Crippen LogP contribution is -2.19. The molecule has 0 aromatic heterocycles. The van der Waals surface area contributed by atoms with Crippen LogP contribution in [-0.4, -0.2) is 17.9 Å². The van der Waals surface area contributed by atoms with Gasteiger partial charge in [-0.15, -0.1) is 11.8 Å². The molecule has 5 heteroatoms. The lowest BCUT2D eigenvalue weighted by atomic mass is 10.1. The summed E-state index contributed by atoms with van der Waals surface area (Å²) in [5.74, 6) is 1.77. The van der Waals surface area contributed by atoms with Crippen LogP contribution < -0.4 is 10.2 Å². The van der Waals surface area contributed by atoms with Crippen LogP contribution in [0.3, 0.4) is 0 Å². The second kappa shape index (κ2) is 11.1. The third-order valence-corrected chi connectivity index (χ3v) is 5.28. The van der Waals surface area contributed by atoms with E-state index in [2.05, 4.69) is 29.6 Å². The zero-order valence-electron chi connectivity index (χ0n) is 16.4. The normalized spacial score (nSPS) is 10.8. The van der Waals surface area contributed by atoms with E-state index in [0.717, 1.165) is 22.6 Å². The number of nitrogens with one attached hydrogen (secondary N) is 1. The molecule has 1 amide bonds. The molecule has 0 radical (unpaired) electrons. The van der Waals surface area contributed by atoms with E-state index in [0.29, 0.717) is 12.4 Å². The Kier molecular flexibility index (Phi) is 7.90. The Bertz CT molecular complexity index is 958. The van der Waals surface area contributed by atoms with Crippen LogP contribution in [0.2, 0.25) is 0 Å². The number of nitrogens with zero attached hydrogens (tertiary/aromatic N) is 1. The molecule has 0 fully saturated rings. The van der Waals surface area contributed by atoms with Crippen molar-refractivity contribution in [2.75, 3.05) is 5.75 Å². The number of para-hydroxylation sites is 1. The fraction of sp³-hybridized carbons (Fsp3) is 0.167. The fourth-order valence-corrected chi connectivity index (χ4v) is 3.58. The number of hydrogen-bond donors (Lipinski definition) is 1. The van der Waals surface area contributed by atoms with Gasteiger partial charge in [0, 0.05) is 11.3 Å². The molecule has 0 unspecified atom stereocenters. The van der Waals surface area contributed by atoms with Gasteiger partial charge in [-0.3, -0.25) is 4.79 Å². The van der Waals surface area contributed by atoms with E-state index in [1.54, 1.807) is 18.0 Å². The molecule has 4 nitrogen and oxygen atoms in total. The first-order chi connectivity index (χ1) is 14.2. The van der Waals surface area contributed by atoms with Crippen LogP contribution >= 0.6 is 11.8 Å². The molecule has 0 aliphatic carbocycles. The van der Waals surface area contributed by atoms with Crippen molar-refractivity contribution in [2.45, 2.75) is 19.3 Å². The lowest BCUT2D eigenvalue weighted by Gasteiger charge is -2.09. The van der Waals surface area contributed by atoms with Gasteiger partial charge in [0.15, 0.2) is 0 Å². The van der Waals surface area contributed by atoms with Gasteiger partial charge in [0.05, 0.1) is 12.0 Å². The summed E-state index contributed by atoms with van der Waals surface area (Å²) in [4.78, 5) is 12.0. The van der Waals surface area contributed by atoms with Gasteiger partial charge in [-0.2, -0.15) is 5.10 Å². The van der Waals surface area contributed by atoms with Gasteiger partial charge in [-0.25, -0.2) is 5.43 Å². The molecule has 148 valence electrons. The van der Waals surface area contributed by atoms with Crippen molar-refractivity contribution in [3.8, 4) is 5.75 Å². The van der Waals surface area contributed by atoms with Crippen molar-refractivity contribution in [1.29, 1.82) is 0 Å². The summed E-state index contributed by atoms with van der Waals surface area (Å²) < 4.78 is 5.90. The van der Waals surface area contributed by atoms with Crippen LogP contribution in [0.25, 0.3) is 0 Å². The third kappa shape index (κ3) is 6.80. The first-order valence-corrected chi connectivity index (χ1v) is 10.6. The van der Waals surface area contributed by atoms with Crippen molar-refractivity contribution in [1.82, 2.24) is 5.43 Å². The average Bonchev–Trinajstić information content (AvgIpc) is 2.75. The Balaban J connectivity index is 1.47. The van der Waals surface area contributed by atoms with Crippen LogP contribution in [0.5, 0.6) is 5.75 Å². The van der Waals surface area contributed by atoms with Crippen LogP contribution in [0.15, 0.2) is 84.0 Å². The molecule has 0 saturated heterocycles. The number of aryl methyl sites for hydroxylation is 1. The Morgan fingerprint density at radius 1 is 1.00 bits per heavy atom. The summed E-state index contributed by atoms with van der Waals surface area (Å²) in [6.45, 7) is 2.56. The highest BCUT2D eigenvalue weighted by molar-refractivity contribution is 7.99. The van der Waals surface area contributed by atoms with Crippen LogP contribution in [0.1, 0.15) is 22.3 Å².